The van der Waals surface area contributed by atoms with E-state index in [2.05, 4.69) is 20.9 Å². The summed E-state index contributed by atoms with van der Waals surface area (Å²) in [4.78, 5) is 27.5. The van der Waals surface area contributed by atoms with Crippen LogP contribution < -0.4 is 16.0 Å². The summed E-state index contributed by atoms with van der Waals surface area (Å²) in [6, 6.07) is 28.2. The standard InChI is InChI=1S/C34H38N4O5/c39-27-12-10-25(11-13-27)22-36-23-29-14-15-33(42-29)32(40)24-35-18-21-38-19-16-28(17-20-38)43-34(41)37-31-9-5-4-8-30(31)26-6-2-1-3-7-26/h1-15,28,35-36,39H,16-24H2,(H,37,41). The van der Waals surface area contributed by atoms with E-state index in [1.807, 2.05) is 72.8 Å². The SMILES string of the molecule is O=C(Nc1ccccc1-c1ccccc1)OC1CCN(CCNCC(=O)c2ccc(CNCc3ccc(O)cc3)o2)CC1. The van der Waals surface area contributed by atoms with Crippen molar-refractivity contribution >= 4 is 17.6 Å². The number of para-hydroxylation sites is 1. The average Bonchev–Trinajstić information content (AvgIpc) is 3.51. The molecule has 4 aromatic rings. The van der Waals surface area contributed by atoms with Crippen molar-refractivity contribution in [3.63, 3.8) is 0 Å². The van der Waals surface area contributed by atoms with E-state index >= 15 is 0 Å². The fraction of sp³-hybridized carbons (Fsp3) is 0.294. The molecule has 9 heteroatoms. The Balaban J connectivity index is 0.957. The number of ether oxygens (including phenoxy) is 1. The monoisotopic (exact) mass is 582 g/mol. The molecule has 9 nitrogen and oxygen atoms in total. The molecule has 4 N–H and O–H groups in total. The predicted octanol–water partition coefficient (Wildman–Crippen LogP) is 5.43. The van der Waals surface area contributed by atoms with Gasteiger partial charge in [0.25, 0.3) is 0 Å². The van der Waals surface area contributed by atoms with Gasteiger partial charge in [0.05, 0.1) is 18.8 Å². The fourth-order valence-electron chi connectivity index (χ4n) is 5.10. The Hall–Kier alpha value is -4.44. The van der Waals surface area contributed by atoms with Gasteiger partial charge < -0.3 is 29.8 Å². The molecule has 43 heavy (non-hydrogen) atoms. The highest BCUT2D eigenvalue weighted by Gasteiger charge is 2.22. The quantitative estimate of drug-likeness (QED) is 0.122. The first-order valence-corrected chi connectivity index (χ1v) is 14.7. The van der Waals surface area contributed by atoms with Crippen LogP contribution >= 0.6 is 0 Å². The van der Waals surface area contributed by atoms with Gasteiger partial charge in [0.15, 0.2) is 5.76 Å². The van der Waals surface area contributed by atoms with Crippen LogP contribution in [0.2, 0.25) is 0 Å². The van der Waals surface area contributed by atoms with Crippen LogP contribution in [0.1, 0.15) is 34.7 Å². The Kier molecular flexibility index (Phi) is 10.6. The molecule has 5 rings (SSSR count). The van der Waals surface area contributed by atoms with Crippen molar-refractivity contribution in [2.75, 3.05) is 38.0 Å². The van der Waals surface area contributed by atoms with E-state index in [1.165, 1.54) is 0 Å². The first-order chi connectivity index (χ1) is 21.0. The Labute approximate surface area is 251 Å². The zero-order valence-corrected chi connectivity index (χ0v) is 24.1. The van der Waals surface area contributed by atoms with Crippen LogP contribution in [0, 0.1) is 0 Å². The molecule has 0 spiro atoms. The molecule has 0 radical (unpaired) electrons. The number of hydrogen-bond donors (Lipinski definition) is 4. The van der Waals surface area contributed by atoms with Gasteiger partial charge in [-0.1, -0.05) is 60.7 Å². The van der Waals surface area contributed by atoms with Crippen LogP contribution in [0.25, 0.3) is 11.1 Å². The number of nitrogens with one attached hydrogen (secondary N) is 3. The summed E-state index contributed by atoms with van der Waals surface area (Å²) >= 11 is 0. The molecule has 1 amide bonds. The first-order valence-electron chi connectivity index (χ1n) is 14.7. The van der Waals surface area contributed by atoms with Crippen LogP contribution in [0.15, 0.2) is 95.4 Å². The molecular formula is C34H38N4O5. The molecular weight excluding hydrogens is 544 g/mol. The van der Waals surface area contributed by atoms with Gasteiger partial charge in [0, 0.05) is 38.3 Å². The lowest BCUT2D eigenvalue weighted by Gasteiger charge is -2.31. The second-order valence-electron chi connectivity index (χ2n) is 10.6. The summed E-state index contributed by atoms with van der Waals surface area (Å²) < 4.78 is 11.4. The summed E-state index contributed by atoms with van der Waals surface area (Å²) in [7, 11) is 0. The van der Waals surface area contributed by atoms with Crippen molar-refractivity contribution in [1.29, 1.82) is 0 Å². The Morgan fingerprint density at radius 3 is 2.40 bits per heavy atom. The highest BCUT2D eigenvalue weighted by atomic mass is 16.6. The van der Waals surface area contributed by atoms with E-state index in [9.17, 15) is 14.7 Å². The highest BCUT2D eigenvalue weighted by Crippen LogP contribution is 2.28. The molecule has 0 atom stereocenters. The molecule has 224 valence electrons. The van der Waals surface area contributed by atoms with Crippen molar-refractivity contribution < 1.29 is 23.8 Å². The average molecular weight is 583 g/mol. The van der Waals surface area contributed by atoms with Crippen molar-refractivity contribution in [1.82, 2.24) is 15.5 Å². The van der Waals surface area contributed by atoms with E-state index in [0.29, 0.717) is 31.2 Å². The predicted molar refractivity (Wildman–Crippen MR) is 166 cm³/mol. The number of likely N-dealkylation sites (tertiary alicyclic amines) is 1. The molecule has 0 unspecified atom stereocenters. The smallest absolute Gasteiger partial charge is 0.411 e. The molecule has 0 saturated carbocycles. The highest BCUT2D eigenvalue weighted by molar-refractivity contribution is 5.95. The Morgan fingerprint density at radius 1 is 0.860 bits per heavy atom. The summed E-state index contributed by atoms with van der Waals surface area (Å²) in [5.41, 5.74) is 3.76. The molecule has 1 aliphatic rings. The van der Waals surface area contributed by atoms with E-state index in [1.54, 1.807) is 18.2 Å². The third-order valence-corrected chi connectivity index (χ3v) is 7.45. The minimum atomic E-state index is -0.434. The number of aromatic hydroxyl groups is 1. The Bertz CT molecular complexity index is 1460. The van der Waals surface area contributed by atoms with Crippen LogP contribution in [-0.2, 0) is 17.8 Å². The fourth-order valence-corrected chi connectivity index (χ4v) is 5.10. The summed E-state index contributed by atoms with van der Waals surface area (Å²) in [6.07, 6.45) is 0.972. The van der Waals surface area contributed by atoms with Crippen LogP contribution in [0.5, 0.6) is 5.75 Å². The van der Waals surface area contributed by atoms with Crippen molar-refractivity contribution in [2.24, 2.45) is 0 Å². The van der Waals surface area contributed by atoms with Gasteiger partial charge in [0.1, 0.15) is 17.6 Å². The Morgan fingerprint density at radius 2 is 1.60 bits per heavy atom. The number of phenols is 1. The lowest BCUT2D eigenvalue weighted by atomic mass is 10.0. The zero-order chi connectivity index (χ0) is 29.9. The number of anilines is 1. The van der Waals surface area contributed by atoms with Crippen molar-refractivity contribution in [3.8, 4) is 16.9 Å². The lowest BCUT2D eigenvalue weighted by Crippen LogP contribution is -2.42. The number of carbonyl (C=O) groups is 2. The third-order valence-electron chi connectivity index (χ3n) is 7.45. The minimum absolute atomic E-state index is 0.0863. The number of piperidine rings is 1. The topological polar surface area (TPSA) is 116 Å². The van der Waals surface area contributed by atoms with Crippen molar-refractivity contribution in [2.45, 2.75) is 32.0 Å². The van der Waals surface area contributed by atoms with Gasteiger partial charge in [-0.3, -0.25) is 10.1 Å². The third kappa shape index (κ3) is 9.02. The van der Waals surface area contributed by atoms with Gasteiger partial charge in [-0.15, -0.1) is 0 Å². The summed E-state index contributed by atoms with van der Waals surface area (Å²) in [5, 5.41) is 18.8. The number of Topliss-reactive ketones (excluding diaryl/α,β-unsaturated/α-hetero) is 1. The summed E-state index contributed by atoms with van der Waals surface area (Å²) in [6.45, 7) is 4.48. The number of hydrogen-bond acceptors (Lipinski definition) is 8. The molecule has 1 aromatic heterocycles. The van der Waals surface area contributed by atoms with Gasteiger partial charge in [-0.25, -0.2) is 4.79 Å². The van der Waals surface area contributed by atoms with E-state index < -0.39 is 6.09 Å². The normalized spacial score (nSPS) is 14.0. The van der Waals surface area contributed by atoms with E-state index in [-0.39, 0.29) is 24.2 Å². The zero-order valence-electron chi connectivity index (χ0n) is 24.1. The van der Waals surface area contributed by atoms with Gasteiger partial charge in [-0.2, -0.15) is 0 Å². The van der Waals surface area contributed by atoms with Crippen LogP contribution in [0.4, 0.5) is 10.5 Å². The van der Waals surface area contributed by atoms with Gasteiger partial charge in [0.2, 0.25) is 5.78 Å². The molecule has 1 aliphatic heterocycles. The minimum Gasteiger partial charge on any atom is -0.508 e. The second-order valence-corrected chi connectivity index (χ2v) is 10.6. The number of furan rings is 1. The maximum absolute atomic E-state index is 12.7. The van der Waals surface area contributed by atoms with E-state index in [0.717, 1.165) is 54.9 Å². The summed E-state index contributed by atoms with van der Waals surface area (Å²) in [5.74, 6) is 1.19. The number of phenolic OH excluding ortho intramolecular Hbond substituents is 1. The maximum atomic E-state index is 12.7. The van der Waals surface area contributed by atoms with Gasteiger partial charge >= 0.3 is 6.09 Å². The van der Waals surface area contributed by atoms with Crippen molar-refractivity contribution in [3.05, 3.63) is 108 Å². The number of amides is 1. The number of ketones is 1. The largest absolute Gasteiger partial charge is 0.508 e. The first kappa shape index (κ1) is 30.0. The lowest BCUT2D eigenvalue weighted by molar-refractivity contribution is 0.0593. The van der Waals surface area contributed by atoms with E-state index in [4.69, 9.17) is 9.15 Å². The second kappa shape index (κ2) is 15.2. The molecule has 0 bridgehead atoms. The maximum Gasteiger partial charge on any atom is 0.411 e. The molecule has 0 aliphatic carbocycles. The number of benzene rings is 3. The number of nitrogens with zero attached hydrogens (tertiary/aromatic N) is 1. The van der Waals surface area contributed by atoms with Crippen LogP contribution in [-0.4, -0.2) is 60.7 Å². The molecule has 3 aromatic carbocycles. The van der Waals surface area contributed by atoms with Crippen LogP contribution in [0.3, 0.4) is 0 Å². The molecule has 1 fully saturated rings. The molecule has 1 saturated heterocycles. The number of rotatable bonds is 13. The van der Waals surface area contributed by atoms with Gasteiger partial charge in [-0.05, 0) is 54.3 Å². The molecule has 2 heterocycles. The number of carbonyl (C=O) groups excluding carboxylic acids is 2.